The lowest BCUT2D eigenvalue weighted by Gasteiger charge is -2.10. The van der Waals surface area contributed by atoms with Gasteiger partial charge in [0, 0.05) is 13.1 Å². The van der Waals surface area contributed by atoms with Crippen LogP contribution in [-0.4, -0.2) is 22.0 Å². The Morgan fingerprint density at radius 2 is 2.00 bits per heavy atom. The topological polar surface area (TPSA) is 58.2 Å². The largest absolute Gasteiger partial charge is 0.316 e. The molecule has 2 atom stereocenters. The molecule has 0 radical (unpaired) electrons. The third kappa shape index (κ3) is 3.34. The van der Waals surface area contributed by atoms with Crippen LogP contribution in [0.15, 0.2) is 17.0 Å². The van der Waals surface area contributed by atoms with E-state index in [1.54, 1.807) is 7.05 Å². The first-order valence-electron chi connectivity index (χ1n) is 6.47. The van der Waals surface area contributed by atoms with Gasteiger partial charge in [-0.05, 0) is 43.0 Å². The zero-order chi connectivity index (χ0) is 14.9. The number of nitrogens with one attached hydrogen (secondary N) is 2. The number of sulfonamides is 1. The molecule has 112 valence electrons. The van der Waals surface area contributed by atoms with Gasteiger partial charge < -0.3 is 5.32 Å². The second-order valence-electron chi connectivity index (χ2n) is 5.25. The molecular weight excluding hydrogens is 286 g/mol. The number of rotatable bonds is 6. The SMILES string of the molecule is CNCc1cc(F)c(F)c(S(=O)(=O)NCC2CC2C)c1. The Morgan fingerprint density at radius 1 is 1.35 bits per heavy atom. The summed E-state index contributed by atoms with van der Waals surface area (Å²) in [6, 6.07) is 2.15. The molecule has 7 heteroatoms. The number of hydrogen-bond donors (Lipinski definition) is 2. The van der Waals surface area contributed by atoms with Gasteiger partial charge in [-0.2, -0.15) is 0 Å². The van der Waals surface area contributed by atoms with Crippen molar-refractivity contribution in [2.24, 2.45) is 11.8 Å². The highest BCUT2D eigenvalue weighted by Crippen LogP contribution is 2.37. The molecule has 2 unspecified atom stereocenters. The van der Waals surface area contributed by atoms with Crippen LogP contribution in [0.2, 0.25) is 0 Å². The first kappa shape index (κ1) is 15.3. The van der Waals surface area contributed by atoms with E-state index in [1.165, 1.54) is 0 Å². The Balaban J connectivity index is 2.24. The summed E-state index contributed by atoms with van der Waals surface area (Å²) < 4.78 is 53.7. The zero-order valence-electron chi connectivity index (χ0n) is 11.4. The highest BCUT2D eigenvalue weighted by atomic mass is 32.2. The van der Waals surface area contributed by atoms with E-state index in [-0.39, 0.29) is 19.0 Å². The van der Waals surface area contributed by atoms with Gasteiger partial charge in [-0.25, -0.2) is 21.9 Å². The normalized spacial score (nSPS) is 22.0. The smallest absolute Gasteiger partial charge is 0.243 e. The molecule has 2 rings (SSSR count). The first-order valence-corrected chi connectivity index (χ1v) is 7.95. The Labute approximate surface area is 117 Å². The highest BCUT2D eigenvalue weighted by molar-refractivity contribution is 7.89. The second-order valence-corrected chi connectivity index (χ2v) is 6.98. The van der Waals surface area contributed by atoms with Crippen molar-refractivity contribution in [3.05, 3.63) is 29.3 Å². The number of halogens is 2. The van der Waals surface area contributed by atoms with Crippen LogP contribution in [0.4, 0.5) is 8.78 Å². The molecule has 0 spiro atoms. The fraction of sp³-hybridized carbons (Fsp3) is 0.538. The predicted octanol–water partition coefficient (Wildman–Crippen LogP) is 1.62. The van der Waals surface area contributed by atoms with Crippen LogP contribution in [0.25, 0.3) is 0 Å². The van der Waals surface area contributed by atoms with Gasteiger partial charge in [0.1, 0.15) is 4.90 Å². The minimum Gasteiger partial charge on any atom is -0.316 e. The maximum absolute atomic E-state index is 13.7. The minimum absolute atomic E-state index is 0.263. The molecule has 0 saturated heterocycles. The third-order valence-electron chi connectivity index (χ3n) is 3.54. The third-order valence-corrected chi connectivity index (χ3v) is 4.96. The van der Waals surface area contributed by atoms with Crippen molar-refractivity contribution >= 4 is 10.0 Å². The molecule has 1 aromatic carbocycles. The zero-order valence-corrected chi connectivity index (χ0v) is 12.2. The maximum atomic E-state index is 13.7. The summed E-state index contributed by atoms with van der Waals surface area (Å²) in [6.45, 7) is 2.55. The molecule has 1 saturated carbocycles. The van der Waals surface area contributed by atoms with Gasteiger partial charge in [0.2, 0.25) is 10.0 Å². The van der Waals surface area contributed by atoms with Crippen LogP contribution in [0.1, 0.15) is 18.9 Å². The average molecular weight is 304 g/mol. The Bertz CT molecular complexity index is 605. The standard InChI is InChI=1S/C13H18F2N2O2S/c1-8-3-10(8)7-17-20(18,19)12-5-9(6-16-2)4-11(14)13(12)15/h4-5,8,10,16-17H,3,6-7H2,1-2H3. The molecule has 4 nitrogen and oxygen atoms in total. The summed E-state index contributed by atoms with van der Waals surface area (Å²) in [7, 11) is -2.38. The fourth-order valence-corrected chi connectivity index (χ4v) is 3.33. The molecule has 2 N–H and O–H groups in total. The Morgan fingerprint density at radius 3 is 2.55 bits per heavy atom. The van der Waals surface area contributed by atoms with Crippen LogP contribution in [0, 0.1) is 23.5 Å². The van der Waals surface area contributed by atoms with Crippen molar-refractivity contribution in [3.63, 3.8) is 0 Å². The lowest BCUT2D eigenvalue weighted by molar-refractivity contribution is 0.480. The van der Waals surface area contributed by atoms with Gasteiger partial charge in [0.05, 0.1) is 0 Å². The van der Waals surface area contributed by atoms with Crippen LogP contribution in [0.3, 0.4) is 0 Å². The van der Waals surface area contributed by atoms with E-state index in [4.69, 9.17) is 0 Å². The number of benzene rings is 1. The van der Waals surface area contributed by atoms with E-state index < -0.39 is 26.6 Å². The van der Waals surface area contributed by atoms with Crippen LogP contribution in [0.5, 0.6) is 0 Å². The van der Waals surface area contributed by atoms with Crippen LogP contribution >= 0.6 is 0 Å². The molecule has 0 aliphatic heterocycles. The van der Waals surface area contributed by atoms with Crippen molar-refractivity contribution in [1.82, 2.24) is 10.0 Å². The van der Waals surface area contributed by atoms with Gasteiger partial charge in [0.25, 0.3) is 0 Å². The predicted molar refractivity (Wildman–Crippen MR) is 71.6 cm³/mol. The molecule has 1 aliphatic carbocycles. The van der Waals surface area contributed by atoms with E-state index in [9.17, 15) is 17.2 Å². The summed E-state index contributed by atoms with van der Waals surface area (Å²) in [5.41, 5.74) is 0.381. The van der Waals surface area contributed by atoms with Crippen molar-refractivity contribution in [2.75, 3.05) is 13.6 Å². The van der Waals surface area contributed by atoms with Crippen molar-refractivity contribution < 1.29 is 17.2 Å². The van der Waals surface area contributed by atoms with Gasteiger partial charge in [-0.1, -0.05) is 6.92 Å². The molecule has 0 bridgehead atoms. The molecular formula is C13H18F2N2O2S. The van der Waals surface area contributed by atoms with E-state index in [2.05, 4.69) is 10.0 Å². The summed E-state index contributed by atoms with van der Waals surface area (Å²) in [5, 5.41) is 2.77. The highest BCUT2D eigenvalue weighted by Gasteiger charge is 2.34. The van der Waals surface area contributed by atoms with Gasteiger partial charge in [0.15, 0.2) is 11.6 Å². The lowest BCUT2D eigenvalue weighted by Crippen LogP contribution is -2.27. The summed E-state index contributed by atoms with van der Waals surface area (Å²) >= 11 is 0. The molecule has 1 aromatic rings. The minimum atomic E-state index is -4.03. The van der Waals surface area contributed by atoms with E-state index in [1.807, 2.05) is 6.92 Å². The van der Waals surface area contributed by atoms with E-state index >= 15 is 0 Å². The summed E-state index contributed by atoms with van der Waals surface area (Å²) in [5.74, 6) is -1.72. The molecule has 0 amide bonds. The monoisotopic (exact) mass is 304 g/mol. The molecule has 0 aromatic heterocycles. The average Bonchev–Trinajstić information content (AvgIpc) is 3.07. The molecule has 1 fully saturated rings. The van der Waals surface area contributed by atoms with Crippen LogP contribution in [-0.2, 0) is 16.6 Å². The van der Waals surface area contributed by atoms with Gasteiger partial charge >= 0.3 is 0 Å². The fourth-order valence-electron chi connectivity index (χ4n) is 2.10. The Kier molecular flexibility index (Phi) is 4.41. The number of hydrogen-bond acceptors (Lipinski definition) is 3. The van der Waals surface area contributed by atoms with Gasteiger partial charge in [-0.3, -0.25) is 0 Å². The summed E-state index contributed by atoms with van der Waals surface area (Å²) in [4.78, 5) is -0.629. The van der Waals surface area contributed by atoms with Gasteiger partial charge in [-0.15, -0.1) is 0 Å². The first-order chi connectivity index (χ1) is 9.35. The van der Waals surface area contributed by atoms with E-state index in [0.717, 1.165) is 18.6 Å². The van der Waals surface area contributed by atoms with Crippen molar-refractivity contribution in [3.8, 4) is 0 Å². The molecule has 0 heterocycles. The van der Waals surface area contributed by atoms with Crippen LogP contribution < -0.4 is 10.0 Å². The lowest BCUT2D eigenvalue weighted by atomic mass is 10.2. The quantitative estimate of drug-likeness (QED) is 0.839. The van der Waals surface area contributed by atoms with E-state index in [0.29, 0.717) is 11.5 Å². The maximum Gasteiger partial charge on any atom is 0.243 e. The molecule has 20 heavy (non-hydrogen) atoms. The summed E-state index contributed by atoms with van der Waals surface area (Å²) in [6.07, 6.45) is 0.957. The Hall–Kier alpha value is -1.05. The van der Waals surface area contributed by atoms with Crippen molar-refractivity contribution in [2.45, 2.75) is 24.8 Å². The second kappa shape index (κ2) is 5.75. The molecule has 1 aliphatic rings. The van der Waals surface area contributed by atoms with Crippen molar-refractivity contribution in [1.29, 1.82) is 0 Å².